The van der Waals surface area contributed by atoms with E-state index in [-0.39, 0.29) is 29.6 Å². The molecule has 10 heteroatoms. The number of halogens is 2. The molecule has 1 N–H and O–H groups in total. The van der Waals surface area contributed by atoms with Gasteiger partial charge in [0.25, 0.3) is 0 Å². The van der Waals surface area contributed by atoms with E-state index in [9.17, 15) is 27.1 Å². The van der Waals surface area contributed by atoms with E-state index in [0.717, 1.165) is 16.7 Å². The van der Waals surface area contributed by atoms with Crippen molar-refractivity contribution in [2.45, 2.75) is 30.5 Å². The minimum atomic E-state index is -3.83. The molecule has 0 bridgehead atoms. The number of hydrogen-bond donors (Lipinski definition) is 1. The van der Waals surface area contributed by atoms with Crippen LogP contribution in [0.15, 0.2) is 70.6 Å². The van der Waals surface area contributed by atoms with Crippen molar-refractivity contribution in [3.05, 3.63) is 71.3 Å². The number of carbonyl (C=O) groups excluding carboxylic acids is 1. The number of aliphatic hydroxyl groups excluding tert-OH is 1. The second-order valence-electron chi connectivity index (χ2n) is 8.15. The molecule has 0 spiro atoms. The van der Waals surface area contributed by atoms with Gasteiger partial charge >= 0.3 is 6.61 Å². The molecule has 2 aliphatic heterocycles. The lowest BCUT2D eigenvalue weighted by atomic mass is 9.93. The maximum atomic E-state index is 13.2. The Bertz CT molecular complexity index is 1130. The number of amides is 1. The molecule has 1 amide bonds. The van der Waals surface area contributed by atoms with Crippen molar-refractivity contribution in [2.24, 2.45) is 0 Å². The Balaban J connectivity index is 1.42. The monoisotopic (exact) mass is 478 g/mol. The van der Waals surface area contributed by atoms with Crippen LogP contribution >= 0.6 is 0 Å². The highest BCUT2D eigenvalue weighted by atomic mass is 32.2. The molecule has 2 unspecified atom stereocenters. The number of benzene rings is 2. The Morgan fingerprint density at radius 2 is 1.55 bits per heavy atom. The molecule has 2 aliphatic rings. The molecule has 2 heterocycles. The molecule has 0 saturated carbocycles. The summed E-state index contributed by atoms with van der Waals surface area (Å²) < 4.78 is 56.2. The first-order chi connectivity index (χ1) is 15.7. The average molecular weight is 479 g/mol. The van der Waals surface area contributed by atoms with Gasteiger partial charge in [-0.15, -0.1) is 0 Å². The summed E-state index contributed by atoms with van der Waals surface area (Å²) in [6.07, 6.45) is -0.871. The third-order valence-electron chi connectivity index (χ3n) is 5.90. The first kappa shape index (κ1) is 23.3. The molecule has 7 nitrogen and oxygen atoms in total. The molecule has 2 atom stereocenters. The molecule has 0 fully saturated rings. The normalized spacial score (nSPS) is 18.5. The molecule has 0 aromatic heterocycles. The van der Waals surface area contributed by atoms with Crippen LogP contribution in [0.5, 0.6) is 5.75 Å². The second kappa shape index (κ2) is 9.20. The van der Waals surface area contributed by atoms with Gasteiger partial charge in [-0.1, -0.05) is 30.3 Å². The lowest BCUT2D eigenvalue weighted by molar-refractivity contribution is -0.134. The summed E-state index contributed by atoms with van der Waals surface area (Å²) in [6.45, 7) is -0.491. The Morgan fingerprint density at radius 1 is 0.970 bits per heavy atom. The molecule has 0 radical (unpaired) electrons. The van der Waals surface area contributed by atoms with Gasteiger partial charge in [0, 0.05) is 26.2 Å². The summed E-state index contributed by atoms with van der Waals surface area (Å²) in [5, 5.41) is 10.2. The zero-order valence-electron chi connectivity index (χ0n) is 17.9. The second-order valence-corrected chi connectivity index (χ2v) is 10.1. The predicted molar refractivity (Wildman–Crippen MR) is 116 cm³/mol. The van der Waals surface area contributed by atoms with E-state index in [1.54, 1.807) is 24.0 Å². The van der Waals surface area contributed by atoms with Crippen LogP contribution in [-0.2, 0) is 14.8 Å². The van der Waals surface area contributed by atoms with Crippen molar-refractivity contribution in [2.75, 3.05) is 26.2 Å². The Hall–Kier alpha value is -2.82. The molecule has 2 aromatic carbocycles. The third-order valence-corrected chi connectivity index (χ3v) is 7.71. The van der Waals surface area contributed by atoms with E-state index < -0.39 is 28.7 Å². The van der Waals surface area contributed by atoms with Gasteiger partial charge in [0.1, 0.15) is 5.75 Å². The summed E-state index contributed by atoms with van der Waals surface area (Å²) in [7, 11) is -3.83. The fourth-order valence-electron chi connectivity index (χ4n) is 4.30. The molecular weight excluding hydrogens is 454 g/mol. The number of ether oxygens (including phenoxy) is 1. The average Bonchev–Trinajstić information content (AvgIpc) is 3.34. The highest BCUT2D eigenvalue weighted by Gasteiger charge is 2.40. The summed E-state index contributed by atoms with van der Waals surface area (Å²) in [5.41, 5.74) is 2.46. The van der Waals surface area contributed by atoms with Crippen molar-refractivity contribution in [3.8, 4) is 5.75 Å². The summed E-state index contributed by atoms with van der Waals surface area (Å²) in [5.74, 6) is -1.01. The van der Waals surface area contributed by atoms with Crippen LogP contribution in [-0.4, -0.2) is 67.5 Å². The fraction of sp³-hybridized carbons (Fsp3) is 0.348. The number of nitrogens with zero attached hydrogens (tertiary/aromatic N) is 2. The molecular formula is C23H24F2N2O5S. The topological polar surface area (TPSA) is 87.2 Å². The van der Waals surface area contributed by atoms with Gasteiger partial charge in [-0.3, -0.25) is 4.79 Å². The number of alkyl halides is 2. The van der Waals surface area contributed by atoms with Gasteiger partial charge in [-0.25, -0.2) is 8.42 Å². The van der Waals surface area contributed by atoms with E-state index in [1.807, 2.05) is 18.2 Å². The van der Waals surface area contributed by atoms with Crippen LogP contribution in [0.25, 0.3) is 0 Å². The van der Waals surface area contributed by atoms with Crippen molar-refractivity contribution in [3.63, 3.8) is 0 Å². The predicted octanol–water partition coefficient (Wildman–Crippen LogP) is 2.60. The highest BCUT2D eigenvalue weighted by molar-refractivity contribution is 7.89. The quantitative estimate of drug-likeness (QED) is 0.619. The standard InChI is InChI=1S/C23H24F2N2O5S/c1-15(28)21(16-5-3-2-4-6-16)22(29)26-11-17-13-27(14-18(17)12-26)33(30,31)20-9-7-19(8-10-20)32-23(24)25/h2-10,15,21,23,28H,11-14H2,1H3. The van der Waals surface area contributed by atoms with Crippen LogP contribution in [0, 0.1) is 0 Å². The first-order valence-corrected chi connectivity index (χ1v) is 11.9. The van der Waals surface area contributed by atoms with E-state index in [4.69, 9.17) is 0 Å². The van der Waals surface area contributed by atoms with Gasteiger partial charge < -0.3 is 14.7 Å². The zero-order valence-corrected chi connectivity index (χ0v) is 18.7. The van der Waals surface area contributed by atoms with Crippen LogP contribution in [0.2, 0.25) is 0 Å². The molecule has 33 heavy (non-hydrogen) atoms. The summed E-state index contributed by atoms with van der Waals surface area (Å²) >= 11 is 0. The zero-order chi connectivity index (χ0) is 23.8. The molecule has 0 saturated heterocycles. The molecule has 0 aliphatic carbocycles. The minimum absolute atomic E-state index is 0.0172. The van der Waals surface area contributed by atoms with Crippen molar-refractivity contribution in [1.82, 2.24) is 9.21 Å². The number of aliphatic hydroxyl groups is 1. The van der Waals surface area contributed by atoms with Crippen molar-refractivity contribution in [1.29, 1.82) is 0 Å². The number of rotatable bonds is 7. The summed E-state index contributed by atoms with van der Waals surface area (Å²) in [4.78, 5) is 14.8. The third kappa shape index (κ3) is 4.78. The summed E-state index contributed by atoms with van der Waals surface area (Å²) in [6, 6.07) is 13.9. The Kier molecular flexibility index (Phi) is 6.51. The smallest absolute Gasteiger partial charge is 0.387 e. The van der Waals surface area contributed by atoms with Gasteiger partial charge in [0.2, 0.25) is 15.9 Å². The minimum Gasteiger partial charge on any atom is -0.435 e. The van der Waals surface area contributed by atoms with E-state index >= 15 is 0 Å². The Morgan fingerprint density at radius 3 is 2.06 bits per heavy atom. The number of sulfonamides is 1. The lowest BCUT2D eigenvalue weighted by Crippen LogP contribution is -2.40. The molecule has 2 aromatic rings. The van der Waals surface area contributed by atoms with Gasteiger partial charge in [-0.2, -0.15) is 13.1 Å². The SMILES string of the molecule is CC(O)C(C(=O)N1CC2=C(C1)CN(S(=O)(=O)c1ccc(OC(F)F)cc1)C2)c1ccccc1. The van der Waals surface area contributed by atoms with E-state index in [2.05, 4.69) is 4.74 Å². The fourth-order valence-corrected chi connectivity index (χ4v) is 5.73. The van der Waals surface area contributed by atoms with Crippen molar-refractivity contribution >= 4 is 15.9 Å². The lowest BCUT2D eigenvalue weighted by Gasteiger charge is -2.28. The molecule has 4 rings (SSSR count). The van der Waals surface area contributed by atoms with Crippen LogP contribution in [0.1, 0.15) is 18.4 Å². The van der Waals surface area contributed by atoms with Crippen LogP contribution in [0.4, 0.5) is 8.78 Å². The van der Waals surface area contributed by atoms with Gasteiger partial charge in [0.05, 0.1) is 16.9 Å². The van der Waals surface area contributed by atoms with Gasteiger partial charge in [0.15, 0.2) is 0 Å². The first-order valence-electron chi connectivity index (χ1n) is 10.4. The Labute approximate surface area is 190 Å². The van der Waals surface area contributed by atoms with E-state index in [0.29, 0.717) is 13.1 Å². The maximum absolute atomic E-state index is 13.2. The number of hydrogen-bond acceptors (Lipinski definition) is 5. The van der Waals surface area contributed by atoms with Crippen LogP contribution < -0.4 is 4.74 Å². The van der Waals surface area contributed by atoms with Crippen LogP contribution in [0.3, 0.4) is 0 Å². The maximum Gasteiger partial charge on any atom is 0.387 e. The largest absolute Gasteiger partial charge is 0.435 e. The van der Waals surface area contributed by atoms with Gasteiger partial charge in [-0.05, 0) is 47.9 Å². The van der Waals surface area contributed by atoms with E-state index in [1.165, 1.54) is 28.6 Å². The highest BCUT2D eigenvalue weighted by Crippen LogP contribution is 2.33. The number of carbonyl (C=O) groups is 1. The van der Waals surface area contributed by atoms with Crippen molar-refractivity contribution < 1.29 is 31.8 Å². The molecule has 176 valence electrons.